The molecule has 0 radical (unpaired) electrons. The summed E-state index contributed by atoms with van der Waals surface area (Å²) in [5, 5.41) is 0. The maximum Gasteiger partial charge on any atom is -0.0195 e. The van der Waals surface area contributed by atoms with Crippen LogP contribution in [0, 0.1) is 41.5 Å². The van der Waals surface area contributed by atoms with E-state index in [4.69, 9.17) is 0 Å². The third-order valence-corrected chi connectivity index (χ3v) is 7.30. The quantitative estimate of drug-likeness (QED) is 0.269. The van der Waals surface area contributed by atoms with Crippen LogP contribution in [-0.4, -0.2) is 0 Å². The lowest BCUT2D eigenvalue weighted by Crippen LogP contribution is -1.89. The molecule has 40 heavy (non-hydrogen) atoms. The normalized spacial score (nSPS) is 14.3. The van der Waals surface area contributed by atoms with Crippen molar-refractivity contribution in [1.29, 1.82) is 0 Å². The molecule has 0 atom stereocenters. The van der Waals surface area contributed by atoms with Crippen molar-refractivity contribution < 1.29 is 0 Å². The number of benzene rings is 2. The molecule has 0 aliphatic heterocycles. The van der Waals surface area contributed by atoms with Crippen molar-refractivity contribution in [3.63, 3.8) is 0 Å². The molecule has 0 fully saturated rings. The van der Waals surface area contributed by atoms with E-state index in [1.54, 1.807) is 0 Å². The summed E-state index contributed by atoms with van der Waals surface area (Å²) in [5.41, 5.74) is 15.5. The molecule has 208 valence electrons. The molecule has 0 spiro atoms. The van der Waals surface area contributed by atoms with Gasteiger partial charge in [-0.3, -0.25) is 0 Å². The molecular formula is C40H48. The largest absolute Gasteiger partial charge is 0.0620 e. The van der Waals surface area contributed by atoms with Gasteiger partial charge in [-0.05, 0) is 114 Å². The molecule has 0 saturated carbocycles. The van der Waals surface area contributed by atoms with Crippen molar-refractivity contribution in [3.05, 3.63) is 164 Å². The van der Waals surface area contributed by atoms with Crippen LogP contribution in [0.2, 0.25) is 0 Å². The van der Waals surface area contributed by atoms with E-state index in [9.17, 15) is 0 Å². The lowest BCUT2D eigenvalue weighted by atomic mass is 9.97. The molecule has 0 unspecified atom stereocenters. The number of allylic oxidation sites excluding steroid dienone is 16. The van der Waals surface area contributed by atoms with Gasteiger partial charge in [0.25, 0.3) is 0 Å². The topological polar surface area (TPSA) is 0 Å². The van der Waals surface area contributed by atoms with Gasteiger partial charge in [-0.25, -0.2) is 0 Å². The molecule has 0 aliphatic rings. The van der Waals surface area contributed by atoms with E-state index in [1.165, 1.54) is 66.8 Å². The van der Waals surface area contributed by atoms with Gasteiger partial charge in [0, 0.05) is 0 Å². The summed E-state index contributed by atoms with van der Waals surface area (Å²) in [6, 6.07) is 8.78. The lowest BCUT2D eigenvalue weighted by molar-refractivity contribution is 1.28. The summed E-state index contributed by atoms with van der Waals surface area (Å²) < 4.78 is 0. The van der Waals surface area contributed by atoms with Gasteiger partial charge in [-0.2, -0.15) is 0 Å². The average molecular weight is 529 g/mol. The van der Waals surface area contributed by atoms with Crippen LogP contribution in [0.3, 0.4) is 0 Å². The molecule has 2 aromatic rings. The summed E-state index contributed by atoms with van der Waals surface area (Å²) in [7, 11) is 0. The van der Waals surface area contributed by atoms with Crippen LogP contribution in [0.15, 0.2) is 119 Å². The van der Waals surface area contributed by atoms with E-state index < -0.39 is 0 Å². The van der Waals surface area contributed by atoms with Crippen molar-refractivity contribution in [2.75, 3.05) is 0 Å². The number of aryl methyl sites for hydroxylation is 4. The summed E-state index contributed by atoms with van der Waals surface area (Å²) in [4.78, 5) is 0. The zero-order chi connectivity index (χ0) is 29.7. The standard InChI is InChI=1S/C40H48/c1-29(17-13-19-31(3)21-27-39-35(7)25-23-33(5)37(39)9)15-11-12-16-30(2)18-14-20-32(4)22-28-40-36(8)26-24-34(6)38(40)10/h11-28H,1-10H3/b12-11+,17-13+,18-14?,27-21+,28-22?,29-15+,30-16?,31-19+,32-20?. The Morgan fingerprint density at radius 1 is 0.400 bits per heavy atom. The SMILES string of the molecule is CC(C=Cc1c(C)ccc(C)c1C)=CC=CC(C)=C/C=C/C=C(C)/C=C/C=C(C)/C=C/c1c(C)ccc(C)c1C. The summed E-state index contributed by atoms with van der Waals surface area (Å²) in [6.07, 6.45) is 30.1. The highest BCUT2D eigenvalue weighted by Crippen LogP contribution is 2.21. The first kappa shape index (κ1) is 32.3. The van der Waals surface area contributed by atoms with Gasteiger partial charge < -0.3 is 0 Å². The minimum atomic E-state index is 1.21. The number of rotatable bonds is 10. The van der Waals surface area contributed by atoms with Crippen LogP contribution in [0.1, 0.15) is 72.2 Å². The molecule has 0 amide bonds. The zero-order valence-electron chi connectivity index (χ0n) is 26.4. The highest BCUT2D eigenvalue weighted by Gasteiger charge is 2.02. The molecule has 2 aromatic carbocycles. The smallest absolute Gasteiger partial charge is 0.0195 e. The second kappa shape index (κ2) is 16.3. The van der Waals surface area contributed by atoms with Gasteiger partial charge in [0.05, 0.1) is 0 Å². The van der Waals surface area contributed by atoms with Gasteiger partial charge in [0.2, 0.25) is 0 Å². The summed E-state index contributed by atoms with van der Waals surface area (Å²) >= 11 is 0. The van der Waals surface area contributed by atoms with Crippen LogP contribution >= 0.6 is 0 Å². The first-order valence-corrected chi connectivity index (χ1v) is 14.2. The molecule has 0 heteroatoms. The fraction of sp³-hybridized carbons (Fsp3) is 0.250. The third kappa shape index (κ3) is 10.7. The molecule has 0 heterocycles. The minimum Gasteiger partial charge on any atom is -0.0620 e. The molecular weight excluding hydrogens is 480 g/mol. The monoisotopic (exact) mass is 528 g/mol. The fourth-order valence-electron chi connectivity index (χ4n) is 4.23. The Morgan fingerprint density at radius 2 is 0.700 bits per heavy atom. The molecule has 0 nitrogen and oxygen atoms in total. The Morgan fingerprint density at radius 3 is 1.07 bits per heavy atom. The van der Waals surface area contributed by atoms with E-state index in [1.807, 2.05) is 0 Å². The summed E-state index contributed by atoms with van der Waals surface area (Å²) in [5.74, 6) is 0. The first-order valence-electron chi connectivity index (χ1n) is 14.2. The molecule has 0 N–H and O–H groups in total. The lowest BCUT2D eigenvalue weighted by Gasteiger charge is -2.08. The maximum atomic E-state index is 2.23. The van der Waals surface area contributed by atoms with Crippen LogP contribution in [0.5, 0.6) is 0 Å². The number of hydrogen-bond acceptors (Lipinski definition) is 0. The van der Waals surface area contributed by atoms with Gasteiger partial charge >= 0.3 is 0 Å². The predicted molar refractivity (Wildman–Crippen MR) is 182 cm³/mol. The van der Waals surface area contributed by atoms with Crippen molar-refractivity contribution in [2.24, 2.45) is 0 Å². The minimum absolute atomic E-state index is 1.21. The molecule has 0 aliphatic carbocycles. The van der Waals surface area contributed by atoms with Gasteiger partial charge in [0.15, 0.2) is 0 Å². The average Bonchev–Trinajstić information content (AvgIpc) is 2.91. The van der Waals surface area contributed by atoms with Crippen molar-refractivity contribution in [2.45, 2.75) is 69.2 Å². The Bertz CT molecular complexity index is 1340. The highest BCUT2D eigenvalue weighted by molar-refractivity contribution is 5.62. The van der Waals surface area contributed by atoms with Crippen molar-refractivity contribution in [3.8, 4) is 0 Å². The maximum absolute atomic E-state index is 2.23. The highest BCUT2D eigenvalue weighted by atomic mass is 14.1. The van der Waals surface area contributed by atoms with E-state index in [0.717, 1.165) is 0 Å². The third-order valence-electron chi connectivity index (χ3n) is 7.30. The fourth-order valence-corrected chi connectivity index (χ4v) is 4.23. The van der Waals surface area contributed by atoms with Crippen molar-refractivity contribution in [1.82, 2.24) is 0 Å². The van der Waals surface area contributed by atoms with Gasteiger partial charge in [-0.15, -0.1) is 0 Å². The predicted octanol–water partition coefficient (Wildman–Crippen LogP) is 11.7. The molecule has 0 aromatic heterocycles. The second-order valence-corrected chi connectivity index (χ2v) is 10.9. The molecule has 0 bridgehead atoms. The van der Waals surface area contributed by atoms with Crippen LogP contribution < -0.4 is 0 Å². The van der Waals surface area contributed by atoms with Gasteiger partial charge in [0.1, 0.15) is 0 Å². The molecule has 0 saturated heterocycles. The Balaban J connectivity index is 1.91. The van der Waals surface area contributed by atoms with Crippen LogP contribution in [0.4, 0.5) is 0 Å². The number of hydrogen-bond donors (Lipinski definition) is 0. The molecule has 2 rings (SSSR count). The first-order chi connectivity index (χ1) is 19.0. The second-order valence-electron chi connectivity index (χ2n) is 10.9. The Labute approximate surface area is 245 Å². The van der Waals surface area contributed by atoms with E-state index in [2.05, 4.69) is 179 Å². The van der Waals surface area contributed by atoms with Crippen molar-refractivity contribution >= 4 is 12.2 Å². The Kier molecular flexibility index (Phi) is 13.1. The van der Waals surface area contributed by atoms with Crippen LogP contribution in [-0.2, 0) is 0 Å². The van der Waals surface area contributed by atoms with E-state index in [0.29, 0.717) is 0 Å². The zero-order valence-corrected chi connectivity index (χ0v) is 26.4. The summed E-state index contributed by atoms with van der Waals surface area (Å²) in [6.45, 7) is 21.6. The van der Waals surface area contributed by atoms with E-state index in [-0.39, 0.29) is 0 Å². The Hall–Kier alpha value is -3.90. The van der Waals surface area contributed by atoms with E-state index >= 15 is 0 Å². The van der Waals surface area contributed by atoms with Crippen LogP contribution in [0.25, 0.3) is 12.2 Å². The van der Waals surface area contributed by atoms with Gasteiger partial charge in [-0.1, -0.05) is 132 Å².